The number of imidazole rings is 1. The predicted octanol–water partition coefficient (Wildman–Crippen LogP) is 6.20. The van der Waals surface area contributed by atoms with E-state index in [0.29, 0.717) is 15.9 Å². The number of hydrogen-bond donors (Lipinski definition) is 1. The van der Waals surface area contributed by atoms with E-state index in [1.165, 1.54) is 48.2 Å². The van der Waals surface area contributed by atoms with Gasteiger partial charge in [0.2, 0.25) is 5.91 Å². The van der Waals surface area contributed by atoms with Gasteiger partial charge in [0.05, 0.1) is 17.6 Å². The molecule has 0 saturated heterocycles. The van der Waals surface area contributed by atoms with Gasteiger partial charge in [0.15, 0.2) is 5.16 Å². The van der Waals surface area contributed by atoms with Crippen LogP contribution in [0.4, 0.5) is 14.5 Å². The van der Waals surface area contributed by atoms with Crippen molar-refractivity contribution >= 4 is 35.0 Å². The number of benzene rings is 3. The molecule has 8 heteroatoms. The average Bonchev–Trinajstić information content (AvgIpc) is 3.19. The molecule has 0 fully saturated rings. The zero-order valence-electron chi connectivity index (χ0n) is 16.1. The molecule has 1 amide bonds. The van der Waals surface area contributed by atoms with Crippen molar-refractivity contribution in [2.45, 2.75) is 5.16 Å². The van der Waals surface area contributed by atoms with Crippen LogP contribution in [0.2, 0.25) is 5.02 Å². The second-order valence-corrected chi connectivity index (χ2v) is 7.97. The van der Waals surface area contributed by atoms with Crippen molar-refractivity contribution in [1.29, 1.82) is 0 Å². The molecule has 0 aliphatic rings. The van der Waals surface area contributed by atoms with Crippen LogP contribution in [0.25, 0.3) is 16.9 Å². The first-order chi connectivity index (χ1) is 15.0. The molecular weight excluding hydrogens is 440 g/mol. The van der Waals surface area contributed by atoms with Crippen molar-refractivity contribution in [1.82, 2.24) is 9.55 Å². The van der Waals surface area contributed by atoms with E-state index < -0.39 is 0 Å². The average molecular weight is 456 g/mol. The molecule has 1 heterocycles. The molecule has 0 bridgehead atoms. The molecule has 4 rings (SSSR count). The van der Waals surface area contributed by atoms with Gasteiger partial charge in [-0.25, -0.2) is 13.8 Å². The molecule has 0 radical (unpaired) electrons. The number of carbonyl (C=O) groups excluding carboxylic acids is 1. The summed E-state index contributed by atoms with van der Waals surface area (Å²) in [4.78, 5) is 16.8. The van der Waals surface area contributed by atoms with Crippen molar-refractivity contribution in [3.05, 3.63) is 95.7 Å². The highest BCUT2D eigenvalue weighted by atomic mass is 35.5. The highest BCUT2D eigenvalue weighted by molar-refractivity contribution is 7.99. The van der Waals surface area contributed by atoms with E-state index in [1.54, 1.807) is 30.5 Å². The molecule has 3 aromatic carbocycles. The molecule has 1 aromatic heterocycles. The van der Waals surface area contributed by atoms with Gasteiger partial charge < -0.3 is 5.32 Å². The number of anilines is 1. The molecule has 0 unspecified atom stereocenters. The standard InChI is InChI=1S/C23H16ClF2N3OS/c24-16-3-11-20(12-4-16)29-21(15-1-5-17(25)6-2-15)13-27-23(29)31-14-22(30)28-19-9-7-18(26)8-10-19/h1-13H,14H2,(H,28,30). The fourth-order valence-corrected chi connectivity index (χ4v) is 3.88. The highest BCUT2D eigenvalue weighted by Gasteiger charge is 2.16. The monoisotopic (exact) mass is 455 g/mol. The summed E-state index contributed by atoms with van der Waals surface area (Å²) in [7, 11) is 0. The molecule has 4 nitrogen and oxygen atoms in total. The quantitative estimate of drug-likeness (QED) is 0.352. The van der Waals surface area contributed by atoms with Crippen LogP contribution in [0.15, 0.2) is 84.1 Å². The van der Waals surface area contributed by atoms with E-state index in [0.717, 1.165) is 16.9 Å². The van der Waals surface area contributed by atoms with E-state index in [1.807, 2.05) is 16.7 Å². The largest absolute Gasteiger partial charge is 0.325 e. The zero-order valence-corrected chi connectivity index (χ0v) is 17.6. The number of aromatic nitrogens is 2. The van der Waals surface area contributed by atoms with Crippen molar-refractivity contribution < 1.29 is 13.6 Å². The molecule has 0 saturated carbocycles. The topological polar surface area (TPSA) is 46.9 Å². The Bertz CT molecular complexity index is 1190. The Morgan fingerprint density at radius 3 is 2.19 bits per heavy atom. The number of amides is 1. The van der Waals surface area contributed by atoms with Gasteiger partial charge in [0.25, 0.3) is 0 Å². The van der Waals surface area contributed by atoms with E-state index in [-0.39, 0.29) is 23.3 Å². The Morgan fingerprint density at radius 1 is 0.935 bits per heavy atom. The van der Waals surface area contributed by atoms with E-state index in [2.05, 4.69) is 10.3 Å². The number of halogens is 3. The highest BCUT2D eigenvalue weighted by Crippen LogP contribution is 2.30. The first-order valence-corrected chi connectivity index (χ1v) is 10.6. The van der Waals surface area contributed by atoms with Crippen LogP contribution in [-0.4, -0.2) is 21.2 Å². The predicted molar refractivity (Wildman–Crippen MR) is 120 cm³/mol. The maximum Gasteiger partial charge on any atom is 0.234 e. The lowest BCUT2D eigenvalue weighted by atomic mass is 10.1. The molecule has 0 aliphatic heterocycles. The third kappa shape index (κ3) is 5.13. The van der Waals surface area contributed by atoms with Crippen LogP contribution >= 0.6 is 23.4 Å². The van der Waals surface area contributed by atoms with E-state index in [4.69, 9.17) is 11.6 Å². The Hall–Kier alpha value is -3.16. The normalized spacial score (nSPS) is 10.8. The maximum atomic E-state index is 13.4. The molecule has 0 atom stereocenters. The van der Waals surface area contributed by atoms with Crippen molar-refractivity contribution in [2.75, 3.05) is 11.1 Å². The van der Waals surface area contributed by atoms with Crippen LogP contribution in [-0.2, 0) is 4.79 Å². The molecule has 0 aliphatic carbocycles. The smallest absolute Gasteiger partial charge is 0.234 e. The van der Waals surface area contributed by atoms with Gasteiger partial charge in [-0.05, 0) is 72.8 Å². The second-order valence-electron chi connectivity index (χ2n) is 6.59. The summed E-state index contributed by atoms with van der Waals surface area (Å²) >= 11 is 7.28. The lowest BCUT2D eigenvalue weighted by Crippen LogP contribution is -2.14. The molecule has 4 aromatic rings. The number of thioether (sulfide) groups is 1. The summed E-state index contributed by atoms with van der Waals surface area (Å²) in [5.74, 6) is -0.838. The molecule has 0 spiro atoms. The summed E-state index contributed by atoms with van der Waals surface area (Å²) in [6, 6.07) is 18.9. The Balaban J connectivity index is 1.59. The van der Waals surface area contributed by atoms with Crippen LogP contribution < -0.4 is 5.32 Å². The summed E-state index contributed by atoms with van der Waals surface area (Å²) < 4.78 is 28.3. The van der Waals surface area contributed by atoms with Gasteiger partial charge in [0.1, 0.15) is 11.6 Å². The van der Waals surface area contributed by atoms with Crippen LogP contribution in [0, 0.1) is 11.6 Å². The molecule has 156 valence electrons. The van der Waals surface area contributed by atoms with Crippen LogP contribution in [0.1, 0.15) is 0 Å². The van der Waals surface area contributed by atoms with Crippen LogP contribution in [0.5, 0.6) is 0 Å². The summed E-state index contributed by atoms with van der Waals surface area (Å²) in [6.45, 7) is 0. The Kier molecular flexibility index (Phi) is 6.34. The zero-order chi connectivity index (χ0) is 21.8. The first kappa shape index (κ1) is 21.1. The number of nitrogens with zero attached hydrogens (tertiary/aromatic N) is 2. The molecule has 31 heavy (non-hydrogen) atoms. The van der Waals surface area contributed by atoms with Crippen molar-refractivity contribution in [2.24, 2.45) is 0 Å². The first-order valence-electron chi connectivity index (χ1n) is 9.27. The lowest BCUT2D eigenvalue weighted by molar-refractivity contribution is -0.113. The summed E-state index contributed by atoms with van der Waals surface area (Å²) in [5.41, 5.74) is 2.86. The lowest BCUT2D eigenvalue weighted by Gasteiger charge is -2.12. The Labute approximate surface area is 186 Å². The van der Waals surface area contributed by atoms with Gasteiger partial charge >= 0.3 is 0 Å². The van der Waals surface area contributed by atoms with Gasteiger partial charge in [-0.3, -0.25) is 9.36 Å². The van der Waals surface area contributed by atoms with Crippen molar-refractivity contribution in [3.8, 4) is 16.9 Å². The van der Waals surface area contributed by atoms with Crippen LogP contribution in [0.3, 0.4) is 0 Å². The number of nitrogens with one attached hydrogen (secondary N) is 1. The molecular formula is C23H16ClF2N3OS. The summed E-state index contributed by atoms with van der Waals surface area (Å²) in [5, 5.41) is 3.92. The SMILES string of the molecule is O=C(CSc1ncc(-c2ccc(F)cc2)n1-c1ccc(Cl)cc1)Nc1ccc(F)cc1. The minimum atomic E-state index is -0.370. The minimum absolute atomic E-state index is 0.102. The molecule has 1 N–H and O–H groups in total. The number of hydrogen-bond acceptors (Lipinski definition) is 3. The minimum Gasteiger partial charge on any atom is -0.325 e. The van der Waals surface area contributed by atoms with Gasteiger partial charge in [0, 0.05) is 22.0 Å². The number of rotatable bonds is 6. The fraction of sp³-hybridized carbons (Fsp3) is 0.0435. The van der Waals surface area contributed by atoms with Gasteiger partial charge in [-0.2, -0.15) is 0 Å². The second kappa shape index (κ2) is 9.32. The maximum absolute atomic E-state index is 13.4. The van der Waals surface area contributed by atoms with Gasteiger partial charge in [-0.1, -0.05) is 23.4 Å². The number of carbonyl (C=O) groups is 1. The third-order valence-electron chi connectivity index (χ3n) is 4.41. The summed E-state index contributed by atoms with van der Waals surface area (Å²) in [6.07, 6.45) is 1.68. The van der Waals surface area contributed by atoms with E-state index >= 15 is 0 Å². The fourth-order valence-electron chi connectivity index (χ4n) is 2.96. The van der Waals surface area contributed by atoms with E-state index in [9.17, 15) is 13.6 Å². The van der Waals surface area contributed by atoms with Gasteiger partial charge in [-0.15, -0.1) is 0 Å². The third-order valence-corrected chi connectivity index (χ3v) is 5.62. The van der Waals surface area contributed by atoms with Crippen molar-refractivity contribution in [3.63, 3.8) is 0 Å². The Morgan fingerprint density at radius 2 is 1.55 bits per heavy atom.